The molecule has 3 heteroatoms. The molecule has 0 spiro atoms. The van der Waals surface area contributed by atoms with Crippen LogP contribution in [0.3, 0.4) is 0 Å². The molecule has 2 aromatic rings. The largest absolute Gasteiger partial charge is 0.497 e. The molecule has 0 saturated carbocycles. The van der Waals surface area contributed by atoms with Crippen LogP contribution < -0.4 is 10.5 Å². The highest BCUT2D eigenvalue weighted by molar-refractivity contribution is 7.16. The maximum atomic E-state index is 6.02. The number of nitrogen functional groups attached to an aromatic ring is 1. The van der Waals surface area contributed by atoms with Crippen molar-refractivity contribution in [3.05, 3.63) is 35.2 Å². The van der Waals surface area contributed by atoms with Crippen molar-refractivity contribution in [1.29, 1.82) is 0 Å². The summed E-state index contributed by atoms with van der Waals surface area (Å²) in [5.74, 6) is 0.862. The van der Waals surface area contributed by atoms with Gasteiger partial charge in [0.15, 0.2) is 0 Å². The summed E-state index contributed by atoms with van der Waals surface area (Å²) in [6.45, 7) is 2.14. The Balaban J connectivity index is 2.45. The summed E-state index contributed by atoms with van der Waals surface area (Å²) in [5, 5.41) is 0.880. The van der Waals surface area contributed by atoms with E-state index in [0.717, 1.165) is 28.3 Å². The summed E-state index contributed by atoms with van der Waals surface area (Å²) in [5.41, 5.74) is 8.25. The standard InChI is InChI=1S/C13H15NOS/c1-3-11-8-12(13(14)16-11)9-5-4-6-10(7-9)15-2/h4-8H,3,14H2,1-2H3. The number of ether oxygens (including phenoxy) is 1. The zero-order valence-electron chi connectivity index (χ0n) is 9.49. The lowest BCUT2D eigenvalue weighted by Gasteiger charge is -2.03. The van der Waals surface area contributed by atoms with E-state index in [2.05, 4.69) is 19.1 Å². The number of nitrogens with two attached hydrogens (primary N) is 1. The third-order valence-electron chi connectivity index (χ3n) is 2.54. The SMILES string of the molecule is CCc1cc(-c2cccc(OC)c2)c(N)s1. The van der Waals surface area contributed by atoms with Crippen molar-refractivity contribution in [2.45, 2.75) is 13.3 Å². The first-order chi connectivity index (χ1) is 7.74. The van der Waals surface area contributed by atoms with Crippen molar-refractivity contribution in [1.82, 2.24) is 0 Å². The molecule has 0 aliphatic rings. The first-order valence-electron chi connectivity index (χ1n) is 5.27. The summed E-state index contributed by atoms with van der Waals surface area (Å²) in [4.78, 5) is 1.32. The number of benzene rings is 1. The molecule has 1 aromatic carbocycles. The second-order valence-corrected chi connectivity index (χ2v) is 4.74. The topological polar surface area (TPSA) is 35.2 Å². The molecule has 2 rings (SSSR count). The van der Waals surface area contributed by atoms with Crippen LogP contribution in [0, 0.1) is 0 Å². The number of anilines is 1. The lowest BCUT2D eigenvalue weighted by Crippen LogP contribution is -1.85. The quantitative estimate of drug-likeness (QED) is 0.879. The number of hydrogen-bond donors (Lipinski definition) is 1. The maximum Gasteiger partial charge on any atom is 0.119 e. The van der Waals surface area contributed by atoms with Gasteiger partial charge in [-0.3, -0.25) is 0 Å². The van der Waals surface area contributed by atoms with Crippen molar-refractivity contribution in [2.24, 2.45) is 0 Å². The molecule has 0 atom stereocenters. The molecule has 84 valence electrons. The second kappa shape index (κ2) is 4.58. The van der Waals surface area contributed by atoms with Gasteiger partial charge in [0.25, 0.3) is 0 Å². The zero-order valence-corrected chi connectivity index (χ0v) is 10.3. The molecule has 0 aliphatic carbocycles. The van der Waals surface area contributed by atoms with Crippen LogP contribution in [-0.2, 0) is 6.42 Å². The lowest BCUT2D eigenvalue weighted by atomic mass is 10.1. The highest BCUT2D eigenvalue weighted by Crippen LogP contribution is 2.35. The Hall–Kier alpha value is -1.48. The van der Waals surface area contributed by atoms with Gasteiger partial charge in [0, 0.05) is 10.4 Å². The molecule has 0 radical (unpaired) electrons. The van der Waals surface area contributed by atoms with E-state index >= 15 is 0 Å². The summed E-state index contributed by atoms with van der Waals surface area (Å²) < 4.78 is 5.21. The van der Waals surface area contributed by atoms with E-state index < -0.39 is 0 Å². The van der Waals surface area contributed by atoms with E-state index in [1.807, 2.05) is 18.2 Å². The predicted molar refractivity (Wildman–Crippen MR) is 70.1 cm³/mol. The number of thiophene rings is 1. The summed E-state index contributed by atoms with van der Waals surface area (Å²) in [6.07, 6.45) is 1.03. The molecular formula is C13H15NOS. The zero-order chi connectivity index (χ0) is 11.5. The van der Waals surface area contributed by atoms with E-state index in [4.69, 9.17) is 10.5 Å². The molecule has 2 N–H and O–H groups in total. The van der Waals surface area contributed by atoms with Crippen molar-refractivity contribution in [3.8, 4) is 16.9 Å². The van der Waals surface area contributed by atoms with Crippen LogP contribution in [0.5, 0.6) is 5.75 Å². The maximum absolute atomic E-state index is 6.02. The Morgan fingerprint density at radius 1 is 1.31 bits per heavy atom. The molecule has 1 aromatic heterocycles. The highest BCUT2D eigenvalue weighted by atomic mass is 32.1. The molecule has 0 saturated heterocycles. The minimum Gasteiger partial charge on any atom is -0.497 e. The van der Waals surface area contributed by atoms with Gasteiger partial charge in [-0.25, -0.2) is 0 Å². The third kappa shape index (κ3) is 2.04. The fourth-order valence-electron chi connectivity index (χ4n) is 1.65. The first kappa shape index (κ1) is 11.0. The van der Waals surface area contributed by atoms with Crippen LogP contribution in [0.25, 0.3) is 11.1 Å². The van der Waals surface area contributed by atoms with E-state index in [1.165, 1.54) is 4.88 Å². The van der Waals surface area contributed by atoms with Gasteiger partial charge in [0.1, 0.15) is 5.75 Å². The number of methoxy groups -OCH3 is 1. The minimum atomic E-state index is 0.862. The number of aryl methyl sites for hydroxylation is 1. The highest BCUT2D eigenvalue weighted by Gasteiger charge is 2.08. The Bertz CT molecular complexity index is 490. The predicted octanol–water partition coefficient (Wildman–Crippen LogP) is 3.57. The average Bonchev–Trinajstić information content (AvgIpc) is 2.71. The normalized spacial score (nSPS) is 10.4. The first-order valence-corrected chi connectivity index (χ1v) is 6.09. The average molecular weight is 233 g/mol. The Morgan fingerprint density at radius 2 is 2.12 bits per heavy atom. The summed E-state index contributed by atoms with van der Waals surface area (Å²) >= 11 is 1.66. The number of hydrogen-bond acceptors (Lipinski definition) is 3. The second-order valence-electron chi connectivity index (χ2n) is 3.58. The van der Waals surface area contributed by atoms with Crippen molar-refractivity contribution in [3.63, 3.8) is 0 Å². The van der Waals surface area contributed by atoms with Crippen LogP contribution >= 0.6 is 11.3 Å². The van der Waals surface area contributed by atoms with Crippen molar-refractivity contribution < 1.29 is 4.74 Å². The molecular weight excluding hydrogens is 218 g/mol. The third-order valence-corrected chi connectivity index (χ3v) is 3.65. The van der Waals surface area contributed by atoms with Gasteiger partial charge in [-0.05, 0) is 30.2 Å². The fraction of sp³-hybridized carbons (Fsp3) is 0.231. The molecule has 16 heavy (non-hydrogen) atoms. The summed E-state index contributed by atoms with van der Waals surface area (Å²) in [7, 11) is 1.67. The van der Waals surface area contributed by atoms with Gasteiger partial charge < -0.3 is 10.5 Å². The van der Waals surface area contributed by atoms with Crippen LogP contribution in [-0.4, -0.2) is 7.11 Å². The van der Waals surface area contributed by atoms with Gasteiger partial charge in [-0.2, -0.15) is 0 Å². The van der Waals surface area contributed by atoms with E-state index in [1.54, 1.807) is 18.4 Å². The van der Waals surface area contributed by atoms with Gasteiger partial charge in [-0.1, -0.05) is 19.1 Å². The van der Waals surface area contributed by atoms with Crippen LogP contribution in [0.15, 0.2) is 30.3 Å². The lowest BCUT2D eigenvalue weighted by molar-refractivity contribution is 0.415. The monoisotopic (exact) mass is 233 g/mol. The Morgan fingerprint density at radius 3 is 2.75 bits per heavy atom. The van der Waals surface area contributed by atoms with Gasteiger partial charge >= 0.3 is 0 Å². The Kier molecular flexibility index (Phi) is 3.15. The molecule has 0 bridgehead atoms. The number of rotatable bonds is 3. The molecule has 0 aliphatic heterocycles. The summed E-state index contributed by atoms with van der Waals surface area (Å²) in [6, 6.07) is 10.1. The van der Waals surface area contributed by atoms with E-state index in [-0.39, 0.29) is 0 Å². The van der Waals surface area contributed by atoms with Crippen LogP contribution in [0.1, 0.15) is 11.8 Å². The molecule has 0 fully saturated rings. The van der Waals surface area contributed by atoms with E-state index in [9.17, 15) is 0 Å². The van der Waals surface area contributed by atoms with Gasteiger partial charge in [0.2, 0.25) is 0 Å². The molecule has 1 heterocycles. The Labute approximate surface area is 99.7 Å². The van der Waals surface area contributed by atoms with Crippen molar-refractivity contribution >= 4 is 16.3 Å². The van der Waals surface area contributed by atoms with E-state index in [0.29, 0.717) is 0 Å². The molecule has 0 unspecified atom stereocenters. The minimum absolute atomic E-state index is 0.862. The van der Waals surface area contributed by atoms with Gasteiger partial charge in [0.05, 0.1) is 12.1 Å². The molecule has 0 amide bonds. The van der Waals surface area contributed by atoms with Gasteiger partial charge in [-0.15, -0.1) is 11.3 Å². The van der Waals surface area contributed by atoms with Crippen LogP contribution in [0.4, 0.5) is 5.00 Å². The molecule has 2 nitrogen and oxygen atoms in total. The fourth-order valence-corrected chi connectivity index (χ4v) is 2.54. The smallest absolute Gasteiger partial charge is 0.119 e. The van der Waals surface area contributed by atoms with Crippen LogP contribution in [0.2, 0.25) is 0 Å². The van der Waals surface area contributed by atoms with Crippen molar-refractivity contribution in [2.75, 3.05) is 12.8 Å².